The average Bonchev–Trinajstić information content (AvgIpc) is 2.85. The molecule has 0 aliphatic heterocycles. The highest BCUT2D eigenvalue weighted by molar-refractivity contribution is 6.27. The van der Waals surface area contributed by atoms with Gasteiger partial charge in [0.25, 0.3) is 0 Å². The summed E-state index contributed by atoms with van der Waals surface area (Å²) in [6, 6.07) is 28.5. The molecule has 1 saturated carbocycles. The number of aryl methyl sites for hydroxylation is 1. The predicted octanol–water partition coefficient (Wildman–Crippen LogP) is 6.52. The van der Waals surface area contributed by atoms with Crippen molar-refractivity contribution >= 4 is 23.3 Å². The van der Waals surface area contributed by atoms with Gasteiger partial charge in [0, 0.05) is 18.9 Å². The van der Waals surface area contributed by atoms with Crippen LogP contribution in [0.4, 0.5) is 0 Å². The molecule has 1 aliphatic rings. The first-order chi connectivity index (χ1) is 16.4. The molecule has 0 N–H and O–H groups in total. The van der Waals surface area contributed by atoms with Crippen LogP contribution >= 0.6 is 11.6 Å². The lowest BCUT2D eigenvalue weighted by atomic mass is 9.63. The SMILES string of the molecule is Cc1ccc(CN(C(=O)CCl)C2(C(=O)CC(c3ccccc3)c3ccccc3)CC(C)C2)cc1. The van der Waals surface area contributed by atoms with Gasteiger partial charge in [-0.3, -0.25) is 9.59 Å². The Labute approximate surface area is 207 Å². The van der Waals surface area contributed by atoms with Crippen molar-refractivity contribution in [1.29, 1.82) is 0 Å². The molecule has 1 fully saturated rings. The lowest BCUT2D eigenvalue weighted by Crippen LogP contribution is -2.63. The molecule has 0 aromatic heterocycles. The number of hydrogen-bond acceptors (Lipinski definition) is 2. The minimum absolute atomic E-state index is 0.0602. The van der Waals surface area contributed by atoms with E-state index in [4.69, 9.17) is 11.6 Å². The summed E-state index contributed by atoms with van der Waals surface area (Å²) in [7, 11) is 0. The van der Waals surface area contributed by atoms with Crippen LogP contribution in [0.3, 0.4) is 0 Å². The Morgan fingerprint density at radius 2 is 1.44 bits per heavy atom. The second-order valence-electron chi connectivity index (χ2n) is 9.65. The third-order valence-electron chi connectivity index (χ3n) is 7.08. The van der Waals surface area contributed by atoms with E-state index in [-0.39, 0.29) is 23.5 Å². The van der Waals surface area contributed by atoms with Crippen LogP contribution in [0, 0.1) is 12.8 Å². The number of Topliss-reactive ketones (excluding diaryl/α,β-unsaturated/α-hetero) is 1. The fourth-order valence-electron chi connectivity index (χ4n) is 5.29. The van der Waals surface area contributed by atoms with Crippen molar-refractivity contribution in [3.05, 3.63) is 107 Å². The standard InChI is InChI=1S/C30H32ClNO2/c1-22-13-15-24(16-14-22)21-32(29(34)20-31)30(18-23(2)19-30)28(33)17-27(25-9-5-3-6-10-25)26-11-7-4-8-12-26/h3-16,23,27H,17-21H2,1-2H3. The van der Waals surface area contributed by atoms with Crippen LogP contribution in [0.15, 0.2) is 84.9 Å². The van der Waals surface area contributed by atoms with Gasteiger partial charge in [0.1, 0.15) is 11.4 Å². The highest BCUT2D eigenvalue weighted by atomic mass is 35.5. The van der Waals surface area contributed by atoms with Gasteiger partial charge in [-0.1, -0.05) is 97.4 Å². The molecule has 0 unspecified atom stereocenters. The number of alkyl halides is 1. The molecule has 4 rings (SSSR count). The summed E-state index contributed by atoms with van der Waals surface area (Å²) in [6.07, 6.45) is 1.70. The molecule has 176 valence electrons. The molecule has 0 heterocycles. The van der Waals surface area contributed by atoms with Crippen molar-refractivity contribution in [2.75, 3.05) is 5.88 Å². The molecule has 1 amide bonds. The van der Waals surface area contributed by atoms with Gasteiger partial charge in [-0.05, 0) is 42.4 Å². The molecular weight excluding hydrogens is 442 g/mol. The zero-order chi connectivity index (χ0) is 24.1. The van der Waals surface area contributed by atoms with E-state index < -0.39 is 5.54 Å². The van der Waals surface area contributed by atoms with E-state index in [2.05, 4.69) is 31.2 Å². The summed E-state index contributed by atoms with van der Waals surface area (Å²) in [4.78, 5) is 29.0. The third kappa shape index (κ3) is 5.10. The molecule has 3 nitrogen and oxygen atoms in total. The minimum atomic E-state index is -0.807. The third-order valence-corrected chi connectivity index (χ3v) is 7.31. The monoisotopic (exact) mass is 473 g/mol. The number of halogens is 1. The highest BCUT2D eigenvalue weighted by Crippen LogP contribution is 2.46. The van der Waals surface area contributed by atoms with E-state index in [9.17, 15) is 9.59 Å². The molecule has 0 atom stereocenters. The first kappa shape index (κ1) is 24.2. The quantitative estimate of drug-likeness (QED) is 0.331. The zero-order valence-corrected chi connectivity index (χ0v) is 20.7. The molecule has 34 heavy (non-hydrogen) atoms. The van der Waals surface area contributed by atoms with Crippen molar-refractivity contribution in [2.45, 2.75) is 51.1 Å². The van der Waals surface area contributed by atoms with Crippen molar-refractivity contribution in [3.8, 4) is 0 Å². The Morgan fingerprint density at radius 3 is 1.91 bits per heavy atom. The smallest absolute Gasteiger partial charge is 0.238 e. The van der Waals surface area contributed by atoms with Crippen LogP contribution < -0.4 is 0 Å². The van der Waals surface area contributed by atoms with E-state index >= 15 is 0 Å². The Balaban J connectivity index is 1.67. The maximum atomic E-state index is 14.1. The Bertz CT molecular complexity index is 1070. The van der Waals surface area contributed by atoms with Gasteiger partial charge in [-0.15, -0.1) is 11.6 Å². The van der Waals surface area contributed by atoms with Crippen LogP contribution in [-0.2, 0) is 16.1 Å². The Kier molecular flexibility index (Phi) is 7.53. The number of amides is 1. The van der Waals surface area contributed by atoms with Gasteiger partial charge < -0.3 is 4.90 Å². The van der Waals surface area contributed by atoms with Gasteiger partial charge in [-0.25, -0.2) is 0 Å². The summed E-state index contributed by atoms with van der Waals surface area (Å²) in [5.41, 5.74) is 3.59. The second-order valence-corrected chi connectivity index (χ2v) is 9.91. The van der Waals surface area contributed by atoms with Crippen LogP contribution in [-0.4, -0.2) is 28.0 Å². The van der Waals surface area contributed by atoms with Gasteiger partial charge >= 0.3 is 0 Å². The molecule has 0 spiro atoms. The van der Waals surface area contributed by atoms with Gasteiger partial charge in [0.15, 0.2) is 5.78 Å². The fourth-order valence-corrected chi connectivity index (χ4v) is 5.44. The molecule has 1 aliphatic carbocycles. The van der Waals surface area contributed by atoms with Crippen LogP contribution in [0.1, 0.15) is 54.4 Å². The maximum Gasteiger partial charge on any atom is 0.238 e. The number of hydrogen-bond donors (Lipinski definition) is 0. The number of carbonyl (C=O) groups excluding carboxylic acids is 2. The molecule has 3 aromatic carbocycles. The van der Waals surface area contributed by atoms with E-state index in [0.717, 1.165) is 22.3 Å². The number of nitrogens with zero attached hydrogens (tertiary/aromatic N) is 1. The summed E-state index contributed by atoms with van der Waals surface area (Å²) >= 11 is 6.06. The number of carbonyl (C=O) groups is 2. The van der Waals surface area contributed by atoms with Crippen LogP contribution in [0.25, 0.3) is 0 Å². The first-order valence-electron chi connectivity index (χ1n) is 12.0. The lowest BCUT2D eigenvalue weighted by molar-refractivity contribution is -0.155. The molecule has 4 heteroatoms. The maximum absolute atomic E-state index is 14.1. The topological polar surface area (TPSA) is 37.4 Å². The number of benzene rings is 3. The van der Waals surface area contributed by atoms with Crippen molar-refractivity contribution in [1.82, 2.24) is 4.90 Å². The van der Waals surface area contributed by atoms with Crippen LogP contribution in [0.5, 0.6) is 0 Å². The fraction of sp³-hybridized carbons (Fsp3) is 0.333. The summed E-state index contributed by atoms with van der Waals surface area (Å²) in [5.74, 6) is 0.137. The summed E-state index contributed by atoms with van der Waals surface area (Å²) in [5, 5.41) is 0. The largest absolute Gasteiger partial charge is 0.325 e. The number of rotatable bonds is 9. The van der Waals surface area contributed by atoms with Gasteiger partial charge in [-0.2, -0.15) is 0 Å². The Morgan fingerprint density at radius 1 is 0.912 bits per heavy atom. The molecule has 0 radical (unpaired) electrons. The summed E-state index contributed by atoms with van der Waals surface area (Å²) in [6.45, 7) is 4.58. The van der Waals surface area contributed by atoms with Gasteiger partial charge in [0.2, 0.25) is 5.91 Å². The normalized spacial score (nSPS) is 19.5. The van der Waals surface area contributed by atoms with Crippen molar-refractivity contribution < 1.29 is 9.59 Å². The zero-order valence-electron chi connectivity index (χ0n) is 19.9. The van der Waals surface area contributed by atoms with E-state index in [0.29, 0.717) is 31.7 Å². The Hall–Kier alpha value is -2.91. The average molecular weight is 474 g/mol. The molecular formula is C30H32ClNO2. The van der Waals surface area contributed by atoms with Crippen LogP contribution in [0.2, 0.25) is 0 Å². The van der Waals surface area contributed by atoms with Crippen molar-refractivity contribution in [3.63, 3.8) is 0 Å². The van der Waals surface area contributed by atoms with E-state index in [1.54, 1.807) is 4.90 Å². The first-order valence-corrected chi connectivity index (χ1v) is 12.5. The molecule has 0 saturated heterocycles. The summed E-state index contributed by atoms with van der Waals surface area (Å²) < 4.78 is 0. The predicted molar refractivity (Wildman–Crippen MR) is 138 cm³/mol. The molecule has 0 bridgehead atoms. The van der Waals surface area contributed by atoms with E-state index in [1.807, 2.05) is 67.6 Å². The number of ketones is 1. The minimum Gasteiger partial charge on any atom is -0.325 e. The second kappa shape index (κ2) is 10.6. The van der Waals surface area contributed by atoms with Gasteiger partial charge in [0.05, 0.1) is 0 Å². The highest BCUT2D eigenvalue weighted by Gasteiger charge is 2.53. The van der Waals surface area contributed by atoms with Crippen molar-refractivity contribution in [2.24, 2.45) is 5.92 Å². The van der Waals surface area contributed by atoms with E-state index in [1.165, 1.54) is 0 Å². The lowest BCUT2D eigenvalue weighted by Gasteiger charge is -2.52. The molecule has 3 aromatic rings.